The van der Waals surface area contributed by atoms with Crippen LogP contribution in [-0.4, -0.2) is 28.0 Å². The van der Waals surface area contributed by atoms with Crippen LogP contribution in [0.25, 0.3) is 10.9 Å². The Morgan fingerprint density at radius 2 is 1.96 bits per heavy atom. The molecule has 0 aliphatic heterocycles. The van der Waals surface area contributed by atoms with E-state index in [-0.39, 0.29) is 0 Å². The predicted molar refractivity (Wildman–Crippen MR) is 90.0 cm³/mol. The van der Waals surface area contributed by atoms with Crippen molar-refractivity contribution in [2.75, 3.05) is 6.61 Å². The van der Waals surface area contributed by atoms with E-state index in [2.05, 4.69) is 22.1 Å². The second-order valence-electron chi connectivity index (χ2n) is 5.53. The second kappa shape index (κ2) is 7.81. The number of hydrogen-bond acceptors (Lipinski definition) is 4. The van der Waals surface area contributed by atoms with E-state index in [4.69, 9.17) is 4.74 Å². The lowest BCUT2D eigenvalue weighted by Crippen LogP contribution is -2.16. The van der Waals surface area contributed by atoms with Gasteiger partial charge in [0.15, 0.2) is 6.29 Å². The summed E-state index contributed by atoms with van der Waals surface area (Å²) in [5.74, 6) is 0. The number of pyridine rings is 2. The molecule has 0 aliphatic rings. The molecule has 0 spiro atoms. The van der Waals surface area contributed by atoms with Crippen LogP contribution in [0.3, 0.4) is 0 Å². The Morgan fingerprint density at radius 3 is 2.83 bits per heavy atom. The van der Waals surface area contributed by atoms with E-state index in [9.17, 15) is 5.11 Å². The molecule has 4 heteroatoms. The van der Waals surface area contributed by atoms with E-state index in [0.29, 0.717) is 13.0 Å². The highest BCUT2D eigenvalue weighted by atomic mass is 16.6. The fourth-order valence-electron chi connectivity index (χ4n) is 2.53. The summed E-state index contributed by atoms with van der Waals surface area (Å²) in [6, 6.07) is 14.0. The molecule has 0 amide bonds. The topological polar surface area (TPSA) is 55.2 Å². The first-order valence-electron chi connectivity index (χ1n) is 7.83. The summed E-state index contributed by atoms with van der Waals surface area (Å²) >= 11 is 0. The van der Waals surface area contributed by atoms with Gasteiger partial charge in [0, 0.05) is 30.4 Å². The Hall–Kier alpha value is -2.30. The molecular weight excluding hydrogens is 288 g/mol. The quantitative estimate of drug-likeness (QED) is 0.538. The van der Waals surface area contributed by atoms with Crippen molar-refractivity contribution < 1.29 is 9.84 Å². The predicted octanol–water partition coefficient (Wildman–Crippen LogP) is 3.14. The van der Waals surface area contributed by atoms with Crippen LogP contribution in [-0.2, 0) is 17.6 Å². The number of rotatable bonds is 7. The van der Waals surface area contributed by atoms with Crippen LogP contribution in [0, 0.1) is 0 Å². The van der Waals surface area contributed by atoms with Gasteiger partial charge in [-0.3, -0.25) is 9.97 Å². The van der Waals surface area contributed by atoms with Crippen molar-refractivity contribution in [2.24, 2.45) is 0 Å². The van der Waals surface area contributed by atoms with Gasteiger partial charge in [0.2, 0.25) is 0 Å². The van der Waals surface area contributed by atoms with Gasteiger partial charge in [0.25, 0.3) is 0 Å². The van der Waals surface area contributed by atoms with Gasteiger partial charge >= 0.3 is 0 Å². The summed E-state index contributed by atoms with van der Waals surface area (Å²) in [6.45, 7) is 0.522. The van der Waals surface area contributed by atoms with Crippen LogP contribution in [0.4, 0.5) is 0 Å². The number of benzene rings is 1. The first-order valence-corrected chi connectivity index (χ1v) is 7.83. The molecule has 3 rings (SSSR count). The molecule has 23 heavy (non-hydrogen) atoms. The maximum Gasteiger partial charge on any atom is 0.158 e. The van der Waals surface area contributed by atoms with Gasteiger partial charge in [0.05, 0.1) is 12.1 Å². The average molecular weight is 308 g/mol. The van der Waals surface area contributed by atoms with Gasteiger partial charge in [-0.2, -0.15) is 0 Å². The smallest absolute Gasteiger partial charge is 0.158 e. The summed E-state index contributed by atoms with van der Waals surface area (Å²) in [4.78, 5) is 8.48. The molecule has 0 saturated heterocycles. The maximum absolute atomic E-state index is 9.88. The van der Waals surface area contributed by atoms with Crippen LogP contribution in [0.2, 0.25) is 0 Å². The third-order valence-electron chi connectivity index (χ3n) is 3.70. The Balaban J connectivity index is 1.43. The van der Waals surface area contributed by atoms with Gasteiger partial charge in [-0.15, -0.1) is 0 Å². The molecule has 4 nitrogen and oxygen atoms in total. The van der Waals surface area contributed by atoms with E-state index in [1.807, 2.05) is 36.5 Å². The zero-order valence-electron chi connectivity index (χ0n) is 12.9. The van der Waals surface area contributed by atoms with Crippen molar-refractivity contribution in [1.82, 2.24) is 9.97 Å². The van der Waals surface area contributed by atoms with Crippen LogP contribution >= 0.6 is 0 Å². The van der Waals surface area contributed by atoms with Crippen molar-refractivity contribution in [3.8, 4) is 0 Å². The standard InChI is InChI=1S/C19H20N2O2/c22-19(12-16-5-3-9-20-13-16)23-10-4-6-15-11-17-7-1-2-8-18(17)21-14-15/h1-3,5,7-9,11,13-14,19,22H,4,6,10,12H2. The number of para-hydroxylation sites is 1. The van der Waals surface area contributed by atoms with Crippen molar-refractivity contribution in [2.45, 2.75) is 25.6 Å². The van der Waals surface area contributed by atoms with Crippen LogP contribution in [0.1, 0.15) is 17.5 Å². The van der Waals surface area contributed by atoms with Crippen LogP contribution in [0.15, 0.2) is 61.1 Å². The van der Waals surface area contributed by atoms with Gasteiger partial charge in [-0.05, 0) is 42.2 Å². The number of aliphatic hydroxyl groups excluding tert-OH is 1. The van der Waals surface area contributed by atoms with E-state index in [0.717, 1.165) is 29.3 Å². The van der Waals surface area contributed by atoms with E-state index >= 15 is 0 Å². The zero-order valence-corrected chi connectivity index (χ0v) is 12.9. The molecule has 0 radical (unpaired) electrons. The first kappa shape index (κ1) is 15.6. The number of aromatic nitrogens is 2. The second-order valence-corrected chi connectivity index (χ2v) is 5.53. The molecule has 0 fully saturated rings. The molecular formula is C19H20N2O2. The number of hydrogen-bond donors (Lipinski definition) is 1. The molecule has 0 aliphatic carbocycles. The molecule has 1 N–H and O–H groups in total. The number of aliphatic hydroxyl groups is 1. The highest BCUT2D eigenvalue weighted by molar-refractivity contribution is 5.78. The summed E-state index contributed by atoms with van der Waals surface area (Å²) < 4.78 is 5.46. The molecule has 1 atom stereocenters. The largest absolute Gasteiger partial charge is 0.368 e. The summed E-state index contributed by atoms with van der Waals surface area (Å²) in [5.41, 5.74) is 3.17. The number of ether oxygens (including phenoxy) is 1. The minimum atomic E-state index is -0.783. The van der Waals surface area contributed by atoms with E-state index in [1.54, 1.807) is 12.4 Å². The molecule has 2 heterocycles. The van der Waals surface area contributed by atoms with Crippen LogP contribution in [0.5, 0.6) is 0 Å². The Labute approximate surface area is 135 Å². The van der Waals surface area contributed by atoms with Crippen molar-refractivity contribution in [1.29, 1.82) is 0 Å². The fraction of sp³-hybridized carbons (Fsp3) is 0.263. The first-order chi connectivity index (χ1) is 11.3. The van der Waals surface area contributed by atoms with Gasteiger partial charge in [-0.25, -0.2) is 0 Å². The molecule has 2 aromatic heterocycles. The minimum absolute atomic E-state index is 0.464. The van der Waals surface area contributed by atoms with Crippen molar-refractivity contribution in [3.05, 3.63) is 72.2 Å². The Kier molecular flexibility index (Phi) is 5.29. The lowest BCUT2D eigenvalue weighted by molar-refractivity contribution is -0.0979. The Morgan fingerprint density at radius 1 is 1.04 bits per heavy atom. The number of fused-ring (bicyclic) bond motifs is 1. The fourth-order valence-corrected chi connectivity index (χ4v) is 2.53. The van der Waals surface area contributed by atoms with Gasteiger partial charge in [-0.1, -0.05) is 24.3 Å². The van der Waals surface area contributed by atoms with Crippen molar-refractivity contribution in [3.63, 3.8) is 0 Å². The molecule has 1 unspecified atom stereocenters. The highest BCUT2D eigenvalue weighted by Gasteiger charge is 2.06. The van der Waals surface area contributed by atoms with Gasteiger partial charge in [0.1, 0.15) is 0 Å². The molecule has 3 aromatic rings. The van der Waals surface area contributed by atoms with Gasteiger partial charge < -0.3 is 9.84 Å². The molecule has 118 valence electrons. The highest BCUT2D eigenvalue weighted by Crippen LogP contribution is 2.14. The lowest BCUT2D eigenvalue weighted by Gasteiger charge is -2.12. The normalized spacial score (nSPS) is 12.4. The third-order valence-corrected chi connectivity index (χ3v) is 3.70. The minimum Gasteiger partial charge on any atom is -0.368 e. The molecule has 1 aromatic carbocycles. The zero-order chi connectivity index (χ0) is 15.9. The summed E-state index contributed by atoms with van der Waals surface area (Å²) in [6.07, 6.45) is 6.79. The van der Waals surface area contributed by atoms with Crippen molar-refractivity contribution >= 4 is 10.9 Å². The van der Waals surface area contributed by atoms with E-state index < -0.39 is 6.29 Å². The summed E-state index contributed by atoms with van der Waals surface area (Å²) in [5, 5.41) is 11.0. The van der Waals surface area contributed by atoms with E-state index in [1.165, 1.54) is 5.56 Å². The monoisotopic (exact) mass is 308 g/mol. The molecule has 0 bridgehead atoms. The third kappa shape index (κ3) is 4.58. The Bertz CT molecular complexity index is 746. The van der Waals surface area contributed by atoms with Crippen LogP contribution < -0.4 is 0 Å². The summed E-state index contributed by atoms with van der Waals surface area (Å²) in [7, 11) is 0. The number of nitrogens with zero attached hydrogens (tertiary/aromatic N) is 2. The maximum atomic E-state index is 9.88. The number of aryl methyl sites for hydroxylation is 1. The average Bonchev–Trinajstić information content (AvgIpc) is 2.59. The lowest BCUT2D eigenvalue weighted by atomic mass is 10.1. The SMILES string of the molecule is OC(Cc1cccnc1)OCCCc1cnc2ccccc2c1. The molecule has 0 saturated carbocycles.